The highest BCUT2D eigenvalue weighted by Gasteiger charge is 2.29. The highest BCUT2D eigenvalue weighted by Crippen LogP contribution is 2.41. The van der Waals surface area contributed by atoms with Crippen LogP contribution in [0.5, 0.6) is 0 Å². The van der Waals surface area contributed by atoms with Crippen molar-refractivity contribution in [3.05, 3.63) is 34.8 Å². The number of carbonyl (C=O) groups is 1. The monoisotopic (exact) mass is 329 g/mol. The average molecular weight is 329 g/mol. The summed E-state index contributed by atoms with van der Waals surface area (Å²) < 4.78 is 1.61. The van der Waals surface area contributed by atoms with Crippen molar-refractivity contribution >= 4 is 28.3 Å². The second kappa shape index (κ2) is 5.43. The third-order valence-corrected chi connectivity index (χ3v) is 4.89. The summed E-state index contributed by atoms with van der Waals surface area (Å²) in [7, 11) is 0. The number of aromatic nitrogens is 3. The second-order valence-electron chi connectivity index (χ2n) is 5.65. The van der Waals surface area contributed by atoms with Gasteiger partial charge in [-0.2, -0.15) is 5.10 Å². The number of nitrogens with zero attached hydrogens (tertiary/aromatic N) is 3. The zero-order valence-corrected chi connectivity index (χ0v) is 13.1. The van der Waals surface area contributed by atoms with Gasteiger partial charge in [-0.05, 0) is 30.4 Å². The molecule has 118 valence electrons. The number of aromatic carboxylic acids is 1. The van der Waals surface area contributed by atoms with Gasteiger partial charge in [0.15, 0.2) is 5.65 Å². The number of thiophene rings is 1. The highest BCUT2D eigenvalue weighted by atomic mass is 32.1. The SMILES string of the molecule is O=C(O)c1cc(C2CC2)nc2c1c(-c1cccs1)nn2CCO. The molecular weight excluding hydrogens is 314 g/mol. The van der Waals surface area contributed by atoms with Gasteiger partial charge in [0.25, 0.3) is 0 Å². The zero-order chi connectivity index (χ0) is 16.0. The molecule has 0 aliphatic heterocycles. The van der Waals surface area contributed by atoms with Gasteiger partial charge in [-0.15, -0.1) is 11.3 Å². The smallest absolute Gasteiger partial charge is 0.336 e. The van der Waals surface area contributed by atoms with Crippen molar-refractivity contribution in [2.75, 3.05) is 6.61 Å². The van der Waals surface area contributed by atoms with Crippen molar-refractivity contribution in [2.45, 2.75) is 25.3 Å². The van der Waals surface area contributed by atoms with E-state index in [2.05, 4.69) is 10.1 Å². The third kappa shape index (κ3) is 2.42. The number of hydrogen-bond donors (Lipinski definition) is 2. The minimum absolute atomic E-state index is 0.0710. The van der Waals surface area contributed by atoms with Gasteiger partial charge in [0, 0.05) is 11.6 Å². The van der Waals surface area contributed by atoms with Crippen LogP contribution in [-0.2, 0) is 6.54 Å². The number of aliphatic hydroxyl groups excluding tert-OH is 1. The molecule has 3 aromatic heterocycles. The predicted octanol–water partition coefficient (Wildman–Crippen LogP) is 2.73. The van der Waals surface area contributed by atoms with Crippen LogP contribution in [0.1, 0.15) is 34.8 Å². The summed E-state index contributed by atoms with van der Waals surface area (Å²) in [6, 6.07) is 5.50. The van der Waals surface area contributed by atoms with Crippen molar-refractivity contribution < 1.29 is 15.0 Å². The van der Waals surface area contributed by atoms with Crippen molar-refractivity contribution in [1.29, 1.82) is 0 Å². The molecule has 0 spiro atoms. The van der Waals surface area contributed by atoms with E-state index in [0.717, 1.165) is 23.4 Å². The molecule has 1 aliphatic carbocycles. The second-order valence-corrected chi connectivity index (χ2v) is 6.59. The van der Waals surface area contributed by atoms with Crippen LogP contribution in [0.15, 0.2) is 23.6 Å². The van der Waals surface area contributed by atoms with Crippen LogP contribution in [0, 0.1) is 0 Å². The molecule has 0 aromatic carbocycles. The minimum Gasteiger partial charge on any atom is -0.478 e. The molecule has 0 bridgehead atoms. The fourth-order valence-electron chi connectivity index (χ4n) is 2.78. The van der Waals surface area contributed by atoms with E-state index >= 15 is 0 Å². The van der Waals surface area contributed by atoms with Crippen LogP contribution in [0.2, 0.25) is 0 Å². The van der Waals surface area contributed by atoms with E-state index in [-0.39, 0.29) is 12.2 Å². The van der Waals surface area contributed by atoms with Crippen LogP contribution in [-0.4, -0.2) is 37.6 Å². The Morgan fingerprint density at radius 1 is 1.43 bits per heavy atom. The molecule has 6 nitrogen and oxygen atoms in total. The van der Waals surface area contributed by atoms with E-state index in [4.69, 9.17) is 0 Å². The molecule has 23 heavy (non-hydrogen) atoms. The number of carboxylic acids is 1. The molecule has 2 N–H and O–H groups in total. The number of carboxylic acid groups (broad SMARTS) is 1. The van der Waals surface area contributed by atoms with Gasteiger partial charge in [0.2, 0.25) is 0 Å². The zero-order valence-electron chi connectivity index (χ0n) is 12.3. The van der Waals surface area contributed by atoms with Gasteiger partial charge < -0.3 is 10.2 Å². The van der Waals surface area contributed by atoms with Gasteiger partial charge >= 0.3 is 5.97 Å². The van der Waals surface area contributed by atoms with Crippen LogP contribution in [0.4, 0.5) is 0 Å². The quantitative estimate of drug-likeness (QED) is 0.751. The maximum absolute atomic E-state index is 11.8. The fourth-order valence-corrected chi connectivity index (χ4v) is 3.50. The first kappa shape index (κ1) is 14.3. The number of rotatable bonds is 5. The summed E-state index contributed by atoms with van der Waals surface area (Å²) in [6.07, 6.45) is 2.09. The Labute approximate surface area is 136 Å². The maximum Gasteiger partial charge on any atom is 0.336 e. The number of fused-ring (bicyclic) bond motifs is 1. The molecule has 3 heterocycles. The Kier molecular flexibility index (Phi) is 3.39. The Hall–Kier alpha value is -2.25. The van der Waals surface area contributed by atoms with E-state index in [1.807, 2.05) is 17.5 Å². The third-order valence-electron chi connectivity index (χ3n) is 4.01. The number of hydrogen-bond acceptors (Lipinski definition) is 5. The van der Waals surface area contributed by atoms with Crippen LogP contribution < -0.4 is 0 Å². The van der Waals surface area contributed by atoms with Crippen LogP contribution in [0.3, 0.4) is 0 Å². The lowest BCUT2D eigenvalue weighted by atomic mass is 10.1. The van der Waals surface area contributed by atoms with Crippen LogP contribution in [0.25, 0.3) is 21.6 Å². The largest absolute Gasteiger partial charge is 0.478 e. The topological polar surface area (TPSA) is 88.2 Å². The molecule has 0 atom stereocenters. The molecule has 0 radical (unpaired) electrons. The maximum atomic E-state index is 11.8. The van der Waals surface area contributed by atoms with Crippen molar-refractivity contribution in [3.63, 3.8) is 0 Å². The van der Waals surface area contributed by atoms with Crippen LogP contribution >= 0.6 is 11.3 Å². The van der Waals surface area contributed by atoms with Gasteiger partial charge in [-0.1, -0.05) is 6.07 Å². The lowest BCUT2D eigenvalue weighted by molar-refractivity contribution is 0.0699. The first-order valence-electron chi connectivity index (χ1n) is 7.48. The minimum atomic E-state index is -0.972. The highest BCUT2D eigenvalue weighted by molar-refractivity contribution is 7.13. The van der Waals surface area contributed by atoms with E-state index in [9.17, 15) is 15.0 Å². The van der Waals surface area contributed by atoms with Gasteiger partial charge in [-0.25, -0.2) is 14.5 Å². The Morgan fingerprint density at radius 2 is 2.26 bits per heavy atom. The average Bonchev–Trinajstić information content (AvgIpc) is 3.13. The van der Waals surface area contributed by atoms with Gasteiger partial charge in [0.05, 0.1) is 29.0 Å². The number of aliphatic hydroxyl groups is 1. The molecular formula is C16H15N3O3S. The molecule has 0 amide bonds. The Bertz CT molecular complexity index is 882. The lowest BCUT2D eigenvalue weighted by Gasteiger charge is -2.05. The molecule has 3 aromatic rings. The Morgan fingerprint density at radius 3 is 2.87 bits per heavy atom. The van der Waals surface area contributed by atoms with Crippen molar-refractivity contribution in [3.8, 4) is 10.6 Å². The predicted molar refractivity (Wildman–Crippen MR) is 86.9 cm³/mol. The van der Waals surface area contributed by atoms with E-state index in [0.29, 0.717) is 29.2 Å². The fraction of sp³-hybridized carbons (Fsp3) is 0.312. The van der Waals surface area contributed by atoms with Gasteiger partial charge in [-0.3, -0.25) is 0 Å². The van der Waals surface area contributed by atoms with Crippen molar-refractivity contribution in [1.82, 2.24) is 14.8 Å². The summed E-state index contributed by atoms with van der Waals surface area (Å²) in [5.41, 5.74) is 2.22. The molecule has 0 unspecified atom stereocenters. The lowest BCUT2D eigenvalue weighted by Crippen LogP contribution is -2.07. The first-order chi connectivity index (χ1) is 11.2. The van der Waals surface area contributed by atoms with Crippen molar-refractivity contribution in [2.24, 2.45) is 0 Å². The molecule has 1 aliphatic rings. The molecule has 0 saturated heterocycles. The van der Waals surface area contributed by atoms with E-state index < -0.39 is 5.97 Å². The summed E-state index contributed by atoms with van der Waals surface area (Å²) in [6.45, 7) is 0.223. The van der Waals surface area contributed by atoms with E-state index in [1.165, 1.54) is 11.3 Å². The molecule has 7 heteroatoms. The standard InChI is InChI=1S/C16H15N3O3S/c20-6-5-19-15-13(14(18-19)12-2-1-7-23-12)10(16(21)22)8-11(17-15)9-3-4-9/h1-2,7-9,20H,3-6H2,(H,21,22). The summed E-state index contributed by atoms with van der Waals surface area (Å²) in [5.74, 6) is -0.624. The van der Waals surface area contributed by atoms with Gasteiger partial charge in [0.1, 0.15) is 5.69 Å². The molecule has 1 fully saturated rings. The number of pyridine rings is 1. The summed E-state index contributed by atoms with van der Waals surface area (Å²) >= 11 is 1.51. The summed E-state index contributed by atoms with van der Waals surface area (Å²) in [5, 5.41) is 26.0. The Balaban J connectivity index is 2.04. The molecule has 4 rings (SSSR count). The normalized spacial score (nSPS) is 14.5. The summed E-state index contributed by atoms with van der Waals surface area (Å²) in [4.78, 5) is 17.3. The first-order valence-corrected chi connectivity index (χ1v) is 8.36. The molecule has 1 saturated carbocycles. The van der Waals surface area contributed by atoms with E-state index in [1.54, 1.807) is 10.7 Å².